The molecule has 2 N–H and O–H groups in total. The fourth-order valence-corrected chi connectivity index (χ4v) is 2.60. The zero-order valence-corrected chi connectivity index (χ0v) is 12.0. The van der Waals surface area contributed by atoms with Gasteiger partial charge in [-0.15, -0.1) is 0 Å². The van der Waals surface area contributed by atoms with Crippen molar-refractivity contribution >= 4 is 11.6 Å². The van der Waals surface area contributed by atoms with Crippen molar-refractivity contribution in [2.45, 2.75) is 31.5 Å². The molecule has 2 heterocycles. The van der Waals surface area contributed by atoms with Crippen LogP contribution in [0.2, 0.25) is 5.02 Å². The fourth-order valence-electron chi connectivity index (χ4n) is 2.37. The molecule has 0 saturated carbocycles. The van der Waals surface area contributed by atoms with Gasteiger partial charge in [-0.1, -0.05) is 22.8 Å². The normalized spacial score (nSPS) is 21.9. The van der Waals surface area contributed by atoms with Crippen molar-refractivity contribution in [1.29, 1.82) is 0 Å². The van der Waals surface area contributed by atoms with E-state index in [0.29, 0.717) is 29.7 Å². The standard InChI is InChI=1S/C14H15ClFN3O2/c15-11-6-9(16)2-1-8(11)5-13-18-14(21-19-13)12-4-3-10(7-17)20-12/h1-2,6,10,12H,3-5,7,17H2. The number of rotatable bonds is 4. The fraction of sp³-hybridized carbons (Fsp3) is 0.429. The summed E-state index contributed by atoms with van der Waals surface area (Å²) in [6, 6.07) is 4.24. The Morgan fingerprint density at radius 1 is 1.38 bits per heavy atom. The van der Waals surface area contributed by atoms with E-state index in [1.165, 1.54) is 12.1 Å². The number of ether oxygens (including phenoxy) is 1. The molecule has 0 amide bonds. The molecular formula is C14H15ClFN3O2. The molecule has 1 aromatic heterocycles. The van der Waals surface area contributed by atoms with Crippen LogP contribution in [0.4, 0.5) is 4.39 Å². The maximum Gasteiger partial charge on any atom is 0.255 e. The third-order valence-electron chi connectivity index (χ3n) is 3.49. The van der Waals surface area contributed by atoms with Crippen LogP contribution in [0, 0.1) is 5.82 Å². The zero-order valence-electron chi connectivity index (χ0n) is 11.3. The van der Waals surface area contributed by atoms with Gasteiger partial charge in [0.2, 0.25) is 0 Å². The van der Waals surface area contributed by atoms with Gasteiger partial charge in [-0.05, 0) is 30.5 Å². The van der Waals surface area contributed by atoms with E-state index in [2.05, 4.69) is 10.1 Å². The van der Waals surface area contributed by atoms with Gasteiger partial charge < -0.3 is 15.0 Å². The van der Waals surface area contributed by atoms with Crippen molar-refractivity contribution in [2.24, 2.45) is 5.73 Å². The predicted molar refractivity (Wildman–Crippen MR) is 74.4 cm³/mol. The van der Waals surface area contributed by atoms with Gasteiger partial charge in [-0.3, -0.25) is 0 Å². The summed E-state index contributed by atoms with van der Waals surface area (Å²) >= 11 is 5.99. The molecule has 2 unspecified atom stereocenters. The van der Waals surface area contributed by atoms with Gasteiger partial charge in [0.25, 0.3) is 5.89 Å². The van der Waals surface area contributed by atoms with Crippen LogP contribution in [0.25, 0.3) is 0 Å². The van der Waals surface area contributed by atoms with Crippen molar-refractivity contribution in [2.75, 3.05) is 6.54 Å². The van der Waals surface area contributed by atoms with Crippen molar-refractivity contribution < 1.29 is 13.7 Å². The number of benzene rings is 1. The lowest BCUT2D eigenvalue weighted by Crippen LogP contribution is -2.18. The quantitative estimate of drug-likeness (QED) is 0.939. The summed E-state index contributed by atoms with van der Waals surface area (Å²) in [6.45, 7) is 0.489. The topological polar surface area (TPSA) is 74.2 Å². The summed E-state index contributed by atoms with van der Waals surface area (Å²) in [4.78, 5) is 4.32. The first-order valence-corrected chi connectivity index (χ1v) is 7.15. The smallest absolute Gasteiger partial charge is 0.255 e. The first-order valence-electron chi connectivity index (χ1n) is 6.77. The van der Waals surface area contributed by atoms with Crippen molar-refractivity contribution in [1.82, 2.24) is 10.1 Å². The number of halogens is 2. The molecule has 1 aromatic carbocycles. The second-order valence-electron chi connectivity index (χ2n) is 5.02. The van der Waals surface area contributed by atoms with Gasteiger partial charge in [0.1, 0.15) is 11.9 Å². The molecule has 112 valence electrons. The third-order valence-corrected chi connectivity index (χ3v) is 3.85. The Balaban J connectivity index is 1.70. The predicted octanol–water partition coefficient (Wildman–Crippen LogP) is 2.63. The zero-order chi connectivity index (χ0) is 14.8. The van der Waals surface area contributed by atoms with Crippen LogP contribution in [0.3, 0.4) is 0 Å². The van der Waals surface area contributed by atoms with Gasteiger partial charge in [0, 0.05) is 18.0 Å². The molecule has 1 aliphatic heterocycles. The van der Waals surface area contributed by atoms with Gasteiger partial charge in [-0.2, -0.15) is 4.98 Å². The van der Waals surface area contributed by atoms with Crippen LogP contribution in [-0.2, 0) is 11.2 Å². The first-order chi connectivity index (χ1) is 10.2. The third kappa shape index (κ3) is 3.23. The highest BCUT2D eigenvalue weighted by Crippen LogP contribution is 2.31. The summed E-state index contributed by atoms with van der Waals surface area (Å²) in [5, 5.41) is 4.27. The molecule has 5 nitrogen and oxygen atoms in total. The Hall–Kier alpha value is -1.50. The number of aromatic nitrogens is 2. The number of nitrogens with two attached hydrogens (primary N) is 1. The molecule has 0 spiro atoms. The molecule has 7 heteroatoms. The molecule has 21 heavy (non-hydrogen) atoms. The second kappa shape index (κ2) is 6.09. The van der Waals surface area contributed by atoms with E-state index < -0.39 is 0 Å². The summed E-state index contributed by atoms with van der Waals surface area (Å²) < 4.78 is 23.9. The average Bonchev–Trinajstić information content (AvgIpc) is 3.10. The van der Waals surface area contributed by atoms with Crippen LogP contribution >= 0.6 is 11.6 Å². The van der Waals surface area contributed by atoms with Crippen LogP contribution in [-0.4, -0.2) is 22.8 Å². The molecule has 1 aliphatic rings. The Morgan fingerprint density at radius 3 is 2.95 bits per heavy atom. The van der Waals surface area contributed by atoms with E-state index in [1.807, 2.05) is 0 Å². The number of hydrogen-bond donors (Lipinski definition) is 1. The van der Waals surface area contributed by atoms with Gasteiger partial charge in [0.15, 0.2) is 5.82 Å². The Bertz CT molecular complexity index is 634. The van der Waals surface area contributed by atoms with Gasteiger partial charge >= 0.3 is 0 Å². The second-order valence-corrected chi connectivity index (χ2v) is 5.43. The highest BCUT2D eigenvalue weighted by atomic mass is 35.5. The molecular weight excluding hydrogens is 297 g/mol. The van der Waals surface area contributed by atoms with Crippen molar-refractivity contribution in [3.63, 3.8) is 0 Å². The van der Waals surface area contributed by atoms with E-state index in [-0.39, 0.29) is 18.0 Å². The minimum atomic E-state index is -0.371. The average molecular weight is 312 g/mol. The largest absolute Gasteiger partial charge is 0.364 e. The summed E-state index contributed by atoms with van der Waals surface area (Å²) in [7, 11) is 0. The molecule has 0 radical (unpaired) electrons. The minimum absolute atomic E-state index is 0.0527. The van der Waals surface area contributed by atoms with E-state index in [4.69, 9.17) is 26.6 Å². The molecule has 1 saturated heterocycles. The molecule has 0 aliphatic carbocycles. The van der Waals surface area contributed by atoms with Crippen LogP contribution < -0.4 is 5.73 Å². The monoisotopic (exact) mass is 311 g/mol. The Morgan fingerprint density at radius 2 is 2.24 bits per heavy atom. The Labute approximate surface area is 126 Å². The van der Waals surface area contributed by atoms with E-state index in [1.54, 1.807) is 6.07 Å². The van der Waals surface area contributed by atoms with Crippen LogP contribution in [0.15, 0.2) is 22.7 Å². The number of hydrogen-bond acceptors (Lipinski definition) is 5. The minimum Gasteiger partial charge on any atom is -0.364 e. The molecule has 2 atom stereocenters. The van der Waals surface area contributed by atoms with Crippen LogP contribution in [0.1, 0.15) is 36.2 Å². The summed E-state index contributed by atoms with van der Waals surface area (Å²) in [5.74, 6) is 0.585. The highest BCUT2D eigenvalue weighted by Gasteiger charge is 2.29. The summed E-state index contributed by atoms with van der Waals surface area (Å²) in [5.41, 5.74) is 6.32. The lowest BCUT2D eigenvalue weighted by molar-refractivity contribution is 0.0307. The van der Waals surface area contributed by atoms with Crippen molar-refractivity contribution in [3.8, 4) is 0 Å². The van der Waals surface area contributed by atoms with Gasteiger partial charge in [0.05, 0.1) is 6.10 Å². The lowest BCUT2D eigenvalue weighted by atomic mass is 10.1. The van der Waals surface area contributed by atoms with Crippen LogP contribution in [0.5, 0.6) is 0 Å². The molecule has 1 fully saturated rings. The summed E-state index contributed by atoms with van der Waals surface area (Å²) in [6.07, 6.45) is 1.96. The van der Waals surface area contributed by atoms with Crippen molar-refractivity contribution in [3.05, 3.63) is 46.3 Å². The molecule has 2 aromatic rings. The lowest BCUT2D eigenvalue weighted by Gasteiger charge is -2.07. The van der Waals surface area contributed by atoms with E-state index in [9.17, 15) is 4.39 Å². The number of nitrogens with zero attached hydrogens (tertiary/aromatic N) is 2. The van der Waals surface area contributed by atoms with E-state index in [0.717, 1.165) is 18.4 Å². The molecule has 0 bridgehead atoms. The molecule has 3 rings (SSSR count). The SMILES string of the molecule is NCC1CCC(c2nc(Cc3ccc(F)cc3Cl)no2)O1. The highest BCUT2D eigenvalue weighted by molar-refractivity contribution is 6.31. The maximum absolute atomic E-state index is 13.0. The van der Waals surface area contributed by atoms with E-state index >= 15 is 0 Å². The maximum atomic E-state index is 13.0. The van der Waals surface area contributed by atoms with Gasteiger partial charge in [-0.25, -0.2) is 4.39 Å². The Kier molecular flexibility index (Phi) is 4.19. The first kappa shape index (κ1) is 14.4.